The Labute approximate surface area is 120 Å². The number of pyridine rings is 1. The quantitative estimate of drug-likeness (QED) is 0.661. The van der Waals surface area contributed by atoms with E-state index < -0.39 is 10.9 Å². The molecule has 21 heavy (non-hydrogen) atoms. The molecular formula is C14H13N3O4. The van der Waals surface area contributed by atoms with Crippen molar-refractivity contribution in [3.05, 3.63) is 57.3 Å². The molecule has 0 radical (unpaired) electrons. The molecule has 0 spiro atoms. The van der Waals surface area contributed by atoms with E-state index in [2.05, 4.69) is 10.3 Å². The van der Waals surface area contributed by atoms with Crippen LogP contribution >= 0.6 is 0 Å². The zero-order valence-electron chi connectivity index (χ0n) is 11.5. The normalized spacial score (nSPS) is 10.2. The molecule has 0 fully saturated rings. The summed E-state index contributed by atoms with van der Waals surface area (Å²) in [6, 6.07) is 6.02. The predicted octanol–water partition coefficient (Wildman–Crippen LogP) is 3.05. The highest BCUT2D eigenvalue weighted by Gasteiger charge is 2.16. The summed E-state index contributed by atoms with van der Waals surface area (Å²) in [6.07, 6.45) is 1.52. The Morgan fingerprint density at radius 2 is 2.05 bits per heavy atom. The number of hydrogen-bond acceptors (Lipinski definition) is 5. The maximum Gasteiger partial charge on any atom is 0.335 e. The zero-order valence-corrected chi connectivity index (χ0v) is 11.5. The number of hydrogen-bond donors (Lipinski definition) is 2. The van der Waals surface area contributed by atoms with E-state index in [-0.39, 0.29) is 17.1 Å². The Bertz CT molecular complexity index is 728. The first kappa shape index (κ1) is 14.4. The van der Waals surface area contributed by atoms with Crippen LogP contribution in [0.2, 0.25) is 0 Å². The van der Waals surface area contributed by atoms with Gasteiger partial charge < -0.3 is 10.4 Å². The van der Waals surface area contributed by atoms with Gasteiger partial charge in [-0.25, -0.2) is 9.78 Å². The molecular weight excluding hydrogens is 274 g/mol. The first-order chi connectivity index (χ1) is 9.88. The Morgan fingerprint density at radius 1 is 1.33 bits per heavy atom. The molecule has 0 saturated heterocycles. The number of nitro groups is 1. The van der Waals surface area contributed by atoms with Crippen molar-refractivity contribution in [3.63, 3.8) is 0 Å². The summed E-state index contributed by atoms with van der Waals surface area (Å²) >= 11 is 0. The lowest BCUT2D eigenvalue weighted by molar-refractivity contribution is -0.384. The number of carboxylic acid groups (broad SMARTS) is 1. The molecule has 1 aromatic heterocycles. The maximum absolute atomic E-state index is 11.0. The summed E-state index contributed by atoms with van der Waals surface area (Å²) in [5, 5.41) is 22.8. The van der Waals surface area contributed by atoms with Crippen LogP contribution in [-0.2, 0) is 0 Å². The third-order valence-electron chi connectivity index (χ3n) is 2.92. The van der Waals surface area contributed by atoms with Crippen LogP contribution in [0.3, 0.4) is 0 Å². The Kier molecular flexibility index (Phi) is 3.84. The number of anilines is 2. The van der Waals surface area contributed by atoms with E-state index in [1.165, 1.54) is 18.3 Å². The van der Waals surface area contributed by atoms with Crippen LogP contribution in [-0.4, -0.2) is 21.0 Å². The van der Waals surface area contributed by atoms with E-state index in [4.69, 9.17) is 5.11 Å². The first-order valence-electron chi connectivity index (χ1n) is 6.10. The highest BCUT2D eigenvalue weighted by Crippen LogP contribution is 2.26. The molecule has 1 heterocycles. The standard InChI is InChI=1S/C14H13N3O4/c1-8-5-12(17(20)21)13(15-7-8)16-10-3-4-11(14(18)19)9(2)6-10/h3-7H,1-2H3,(H,15,16)(H,18,19). The van der Waals surface area contributed by atoms with Crippen molar-refractivity contribution in [1.29, 1.82) is 0 Å². The van der Waals surface area contributed by atoms with Crippen molar-refractivity contribution >= 4 is 23.2 Å². The fourth-order valence-electron chi connectivity index (χ4n) is 1.91. The van der Waals surface area contributed by atoms with Gasteiger partial charge in [0.2, 0.25) is 5.82 Å². The minimum atomic E-state index is -1.02. The van der Waals surface area contributed by atoms with Gasteiger partial charge in [0.1, 0.15) is 0 Å². The minimum Gasteiger partial charge on any atom is -0.478 e. The van der Waals surface area contributed by atoms with Gasteiger partial charge in [0.15, 0.2) is 0 Å². The van der Waals surface area contributed by atoms with Crippen molar-refractivity contribution in [1.82, 2.24) is 4.98 Å². The number of nitrogens with one attached hydrogen (secondary N) is 1. The largest absolute Gasteiger partial charge is 0.478 e. The van der Waals surface area contributed by atoms with Gasteiger partial charge in [0.05, 0.1) is 10.5 Å². The topological polar surface area (TPSA) is 105 Å². The molecule has 2 N–H and O–H groups in total. The van der Waals surface area contributed by atoms with E-state index in [9.17, 15) is 14.9 Å². The Hall–Kier alpha value is -2.96. The lowest BCUT2D eigenvalue weighted by Crippen LogP contribution is -2.03. The number of benzene rings is 1. The van der Waals surface area contributed by atoms with E-state index in [0.29, 0.717) is 16.8 Å². The smallest absolute Gasteiger partial charge is 0.335 e. The summed E-state index contributed by atoms with van der Waals surface area (Å²) < 4.78 is 0. The molecule has 7 heteroatoms. The van der Waals surface area contributed by atoms with Crippen molar-refractivity contribution in [3.8, 4) is 0 Å². The third kappa shape index (κ3) is 3.14. The van der Waals surface area contributed by atoms with Crippen LogP contribution in [0.4, 0.5) is 17.2 Å². The van der Waals surface area contributed by atoms with Crippen LogP contribution in [0.1, 0.15) is 21.5 Å². The average Bonchev–Trinajstić information content (AvgIpc) is 2.40. The van der Waals surface area contributed by atoms with Crippen molar-refractivity contribution < 1.29 is 14.8 Å². The monoisotopic (exact) mass is 287 g/mol. The molecule has 0 saturated carbocycles. The first-order valence-corrected chi connectivity index (χ1v) is 6.10. The van der Waals surface area contributed by atoms with Crippen molar-refractivity contribution in [2.24, 2.45) is 0 Å². The van der Waals surface area contributed by atoms with Gasteiger partial charge in [-0.3, -0.25) is 10.1 Å². The van der Waals surface area contributed by atoms with Crippen LogP contribution in [0.25, 0.3) is 0 Å². The number of aryl methyl sites for hydroxylation is 2. The number of carbonyl (C=O) groups is 1. The van der Waals surface area contributed by atoms with Crippen molar-refractivity contribution in [2.75, 3.05) is 5.32 Å². The van der Waals surface area contributed by atoms with Crippen molar-refractivity contribution in [2.45, 2.75) is 13.8 Å². The summed E-state index contributed by atoms with van der Waals surface area (Å²) in [4.78, 5) is 25.5. The molecule has 0 aliphatic carbocycles. The molecule has 2 rings (SSSR count). The van der Waals surface area contributed by atoms with Gasteiger partial charge in [-0.05, 0) is 43.2 Å². The summed E-state index contributed by atoms with van der Waals surface area (Å²) in [5.41, 5.74) is 1.84. The second-order valence-electron chi connectivity index (χ2n) is 4.60. The zero-order chi connectivity index (χ0) is 15.6. The fraction of sp³-hybridized carbons (Fsp3) is 0.143. The van der Waals surface area contributed by atoms with Gasteiger partial charge in [0.25, 0.3) is 0 Å². The molecule has 7 nitrogen and oxygen atoms in total. The molecule has 0 atom stereocenters. The van der Waals surface area contributed by atoms with E-state index in [1.54, 1.807) is 26.0 Å². The average molecular weight is 287 g/mol. The number of aromatic carboxylic acids is 1. The maximum atomic E-state index is 11.0. The SMILES string of the molecule is Cc1cnc(Nc2ccc(C(=O)O)c(C)c2)c([N+](=O)[O-])c1. The Morgan fingerprint density at radius 3 is 2.62 bits per heavy atom. The highest BCUT2D eigenvalue weighted by atomic mass is 16.6. The second-order valence-corrected chi connectivity index (χ2v) is 4.60. The fourth-order valence-corrected chi connectivity index (χ4v) is 1.91. The third-order valence-corrected chi connectivity index (χ3v) is 2.92. The molecule has 0 bridgehead atoms. The highest BCUT2D eigenvalue weighted by molar-refractivity contribution is 5.90. The van der Waals surface area contributed by atoms with Crippen LogP contribution in [0, 0.1) is 24.0 Å². The lowest BCUT2D eigenvalue weighted by Gasteiger charge is -2.08. The Balaban J connectivity index is 2.37. The number of rotatable bonds is 4. The summed E-state index contributed by atoms with van der Waals surface area (Å²) in [6.45, 7) is 3.38. The molecule has 0 unspecified atom stereocenters. The number of nitrogens with zero attached hydrogens (tertiary/aromatic N) is 2. The van der Waals surface area contributed by atoms with Gasteiger partial charge in [-0.2, -0.15) is 0 Å². The molecule has 0 aliphatic rings. The number of carboxylic acids is 1. The molecule has 108 valence electrons. The number of aromatic nitrogens is 1. The van der Waals surface area contributed by atoms with E-state index >= 15 is 0 Å². The molecule has 1 aromatic carbocycles. The van der Waals surface area contributed by atoms with Gasteiger partial charge >= 0.3 is 11.7 Å². The molecule has 0 amide bonds. The van der Waals surface area contributed by atoms with Crippen LogP contribution in [0.5, 0.6) is 0 Å². The van der Waals surface area contributed by atoms with Gasteiger partial charge in [-0.15, -0.1) is 0 Å². The molecule has 2 aromatic rings. The van der Waals surface area contributed by atoms with E-state index in [1.807, 2.05) is 0 Å². The van der Waals surface area contributed by atoms with Crippen LogP contribution in [0.15, 0.2) is 30.5 Å². The van der Waals surface area contributed by atoms with Crippen LogP contribution < -0.4 is 5.32 Å². The predicted molar refractivity (Wildman–Crippen MR) is 77.0 cm³/mol. The van der Waals surface area contributed by atoms with E-state index in [0.717, 1.165) is 0 Å². The second kappa shape index (κ2) is 5.58. The molecule has 0 aliphatic heterocycles. The minimum absolute atomic E-state index is 0.119. The van der Waals surface area contributed by atoms with Gasteiger partial charge in [0, 0.05) is 18.0 Å². The summed E-state index contributed by atoms with van der Waals surface area (Å²) in [7, 11) is 0. The summed E-state index contributed by atoms with van der Waals surface area (Å²) in [5.74, 6) is -0.897. The van der Waals surface area contributed by atoms with Gasteiger partial charge in [-0.1, -0.05) is 0 Å². The lowest BCUT2D eigenvalue weighted by atomic mass is 10.1.